The van der Waals surface area contributed by atoms with E-state index in [1.54, 1.807) is 36.4 Å². The van der Waals surface area contributed by atoms with Crippen LogP contribution in [0.15, 0.2) is 42.5 Å². The summed E-state index contributed by atoms with van der Waals surface area (Å²) in [6, 6.07) is 13.0. The van der Waals surface area contributed by atoms with Gasteiger partial charge < -0.3 is 10.2 Å². The third-order valence-corrected chi connectivity index (χ3v) is 4.13. The number of nitrogens with one attached hydrogen (secondary N) is 1. The number of carbonyl (C=O) groups is 1. The van der Waals surface area contributed by atoms with Crippen molar-refractivity contribution in [3.63, 3.8) is 0 Å². The van der Waals surface area contributed by atoms with Crippen molar-refractivity contribution in [2.45, 2.75) is 12.8 Å². The summed E-state index contributed by atoms with van der Waals surface area (Å²) in [6.45, 7) is 1.57. The molecule has 2 aromatic rings. The number of nitrogens with zero attached hydrogens (tertiary/aromatic N) is 3. The highest BCUT2D eigenvalue weighted by Gasteiger charge is 2.23. The minimum Gasteiger partial charge on any atom is -0.366 e. The topological polar surface area (TPSA) is 99.3 Å². The summed E-state index contributed by atoms with van der Waals surface area (Å²) in [5, 5.41) is 23.0. The van der Waals surface area contributed by atoms with Gasteiger partial charge >= 0.3 is 0 Å². The molecule has 0 saturated carbocycles. The smallest absolute Gasteiger partial charge is 0.293 e. The van der Waals surface area contributed by atoms with Gasteiger partial charge in [0, 0.05) is 30.4 Å². The molecule has 1 aliphatic rings. The molecule has 0 aromatic heterocycles. The van der Waals surface area contributed by atoms with Crippen LogP contribution in [0.1, 0.15) is 28.8 Å². The summed E-state index contributed by atoms with van der Waals surface area (Å²) >= 11 is 0. The molecular formula is C18H16N4O3. The lowest BCUT2D eigenvalue weighted by Gasteiger charge is -2.17. The second kappa shape index (κ2) is 7.01. The zero-order valence-corrected chi connectivity index (χ0v) is 13.4. The molecule has 1 heterocycles. The Morgan fingerprint density at radius 2 is 1.96 bits per heavy atom. The van der Waals surface area contributed by atoms with E-state index in [9.17, 15) is 14.9 Å². The van der Waals surface area contributed by atoms with Gasteiger partial charge in [0.1, 0.15) is 5.69 Å². The van der Waals surface area contributed by atoms with Crippen LogP contribution < -0.4 is 10.2 Å². The Kier molecular flexibility index (Phi) is 4.61. The molecule has 0 spiro atoms. The lowest BCUT2D eigenvalue weighted by atomic mass is 10.1. The molecule has 25 heavy (non-hydrogen) atoms. The van der Waals surface area contributed by atoms with Crippen molar-refractivity contribution in [2.24, 2.45) is 0 Å². The largest absolute Gasteiger partial charge is 0.366 e. The summed E-state index contributed by atoms with van der Waals surface area (Å²) in [6.07, 6.45) is 2.02. The van der Waals surface area contributed by atoms with Crippen LogP contribution >= 0.6 is 0 Å². The minimum atomic E-state index is -0.458. The lowest BCUT2D eigenvalue weighted by Crippen LogP contribution is -2.19. The number of carbonyl (C=O) groups excluding carboxylic acids is 1. The molecule has 1 N–H and O–H groups in total. The molecule has 3 rings (SSSR count). The average Bonchev–Trinajstić information content (AvgIpc) is 3.15. The lowest BCUT2D eigenvalue weighted by molar-refractivity contribution is -0.384. The first kappa shape index (κ1) is 16.5. The van der Waals surface area contributed by atoms with Crippen LogP contribution in [-0.2, 0) is 0 Å². The van der Waals surface area contributed by atoms with E-state index in [1.165, 1.54) is 6.07 Å². The number of anilines is 2. The standard InChI is InChI=1S/C18H16N4O3/c19-12-13-4-3-5-15(10-13)20-18(23)14-6-7-16(17(11-14)22(24)25)21-8-1-2-9-21/h3-7,10-11H,1-2,8-9H2,(H,20,23). The monoisotopic (exact) mass is 336 g/mol. The molecule has 0 bridgehead atoms. The highest BCUT2D eigenvalue weighted by atomic mass is 16.6. The number of nitro groups is 1. The first-order valence-corrected chi connectivity index (χ1v) is 7.93. The Bertz CT molecular complexity index is 867. The zero-order valence-electron chi connectivity index (χ0n) is 13.4. The molecule has 1 aliphatic heterocycles. The first-order valence-electron chi connectivity index (χ1n) is 7.93. The van der Waals surface area contributed by atoms with E-state index in [2.05, 4.69) is 5.32 Å². The second-order valence-electron chi connectivity index (χ2n) is 5.80. The van der Waals surface area contributed by atoms with E-state index in [0.717, 1.165) is 25.9 Å². The molecule has 2 aromatic carbocycles. The van der Waals surface area contributed by atoms with Crippen molar-refractivity contribution in [1.82, 2.24) is 0 Å². The van der Waals surface area contributed by atoms with E-state index in [-0.39, 0.29) is 11.3 Å². The zero-order chi connectivity index (χ0) is 17.8. The number of nitriles is 1. The molecule has 0 atom stereocenters. The predicted octanol–water partition coefficient (Wildman–Crippen LogP) is 3.32. The van der Waals surface area contributed by atoms with Crippen molar-refractivity contribution >= 4 is 23.0 Å². The summed E-state index contributed by atoms with van der Waals surface area (Å²) < 4.78 is 0. The van der Waals surface area contributed by atoms with Crippen LogP contribution in [0.4, 0.5) is 17.1 Å². The Morgan fingerprint density at radius 3 is 2.64 bits per heavy atom. The Labute approximate surface area is 144 Å². The third kappa shape index (κ3) is 3.58. The number of hydrogen-bond acceptors (Lipinski definition) is 5. The average molecular weight is 336 g/mol. The van der Waals surface area contributed by atoms with Gasteiger partial charge in [0.05, 0.1) is 16.6 Å². The summed E-state index contributed by atoms with van der Waals surface area (Å²) in [5.74, 6) is -0.453. The van der Waals surface area contributed by atoms with E-state index < -0.39 is 10.8 Å². The maximum absolute atomic E-state index is 12.4. The first-order chi connectivity index (χ1) is 12.1. The molecule has 1 amide bonds. The Hall–Kier alpha value is -3.40. The molecule has 0 aliphatic carbocycles. The van der Waals surface area contributed by atoms with Gasteiger partial charge in [-0.15, -0.1) is 0 Å². The molecule has 7 nitrogen and oxygen atoms in total. The fourth-order valence-electron chi connectivity index (χ4n) is 2.91. The molecule has 0 radical (unpaired) electrons. The van der Waals surface area contributed by atoms with Gasteiger partial charge in [-0.05, 0) is 43.2 Å². The van der Waals surface area contributed by atoms with E-state index in [4.69, 9.17) is 5.26 Å². The van der Waals surface area contributed by atoms with Gasteiger partial charge in [-0.1, -0.05) is 6.07 Å². The van der Waals surface area contributed by atoms with Crippen molar-refractivity contribution in [3.8, 4) is 6.07 Å². The molecular weight excluding hydrogens is 320 g/mol. The van der Waals surface area contributed by atoms with Gasteiger partial charge in [-0.25, -0.2) is 0 Å². The number of benzene rings is 2. The van der Waals surface area contributed by atoms with E-state index >= 15 is 0 Å². The molecule has 1 saturated heterocycles. The van der Waals surface area contributed by atoms with Crippen LogP contribution in [0.5, 0.6) is 0 Å². The van der Waals surface area contributed by atoms with Gasteiger partial charge in [-0.3, -0.25) is 14.9 Å². The van der Waals surface area contributed by atoms with Crippen molar-refractivity contribution in [3.05, 3.63) is 63.7 Å². The SMILES string of the molecule is N#Cc1cccc(NC(=O)c2ccc(N3CCCC3)c([N+](=O)[O-])c2)c1. The molecule has 7 heteroatoms. The number of amides is 1. The van der Waals surface area contributed by atoms with Crippen molar-refractivity contribution in [2.75, 3.05) is 23.3 Å². The van der Waals surface area contributed by atoms with Gasteiger partial charge in [0.25, 0.3) is 11.6 Å². The Morgan fingerprint density at radius 1 is 1.20 bits per heavy atom. The molecule has 1 fully saturated rings. The fourth-order valence-corrected chi connectivity index (χ4v) is 2.91. The fraction of sp³-hybridized carbons (Fsp3) is 0.222. The number of rotatable bonds is 4. The van der Waals surface area contributed by atoms with Crippen LogP contribution in [0.2, 0.25) is 0 Å². The van der Waals surface area contributed by atoms with Crippen LogP contribution in [0, 0.1) is 21.4 Å². The van der Waals surface area contributed by atoms with Gasteiger partial charge in [-0.2, -0.15) is 5.26 Å². The highest BCUT2D eigenvalue weighted by molar-refractivity contribution is 6.05. The molecule has 0 unspecified atom stereocenters. The second-order valence-corrected chi connectivity index (χ2v) is 5.80. The van der Waals surface area contributed by atoms with Crippen molar-refractivity contribution in [1.29, 1.82) is 5.26 Å². The van der Waals surface area contributed by atoms with E-state index in [0.29, 0.717) is 16.9 Å². The normalized spacial score (nSPS) is 13.3. The summed E-state index contributed by atoms with van der Waals surface area (Å²) in [7, 11) is 0. The maximum Gasteiger partial charge on any atom is 0.293 e. The number of hydrogen-bond donors (Lipinski definition) is 1. The maximum atomic E-state index is 12.4. The highest BCUT2D eigenvalue weighted by Crippen LogP contribution is 2.31. The summed E-state index contributed by atoms with van der Waals surface area (Å²) in [4.78, 5) is 25.3. The van der Waals surface area contributed by atoms with Crippen LogP contribution in [-0.4, -0.2) is 23.9 Å². The Balaban J connectivity index is 1.86. The quantitative estimate of drug-likeness (QED) is 0.682. The van der Waals surface area contributed by atoms with Crippen molar-refractivity contribution < 1.29 is 9.72 Å². The molecule has 126 valence electrons. The minimum absolute atomic E-state index is 0.0691. The van der Waals surface area contributed by atoms with Gasteiger partial charge in [0.15, 0.2) is 0 Å². The van der Waals surface area contributed by atoms with Crippen LogP contribution in [0.3, 0.4) is 0 Å². The van der Waals surface area contributed by atoms with Gasteiger partial charge in [0.2, 0.25) is 0 Å². The van der Waals surface area contributed by atoms with E-state index in [1.807, 2.05) is 11.0 Å². The third-order valence-electron chi connectivity index (χ3n) is 4.13. The predicted molar refractivity (Wildman–Crippen MR) is 93.7 cm³/mol. The number of nitro benzene ring substituents is 1. The van der Waals surface area contributed by atoms with Crippen LogP contribution in [0.25, 0.3) is 0 Å². The summed E-state index contributed by atoms with van der Waals surface area (Å²) in [5.41, 5.74) is 1.58.